The van der Waals surface area contributed by atoms with Crippen LogP contribution in [0.2, 0.25) is 0 Å². The van der Waals surface area contributed by atoms with Gasteiger partial charge >= 0.3 is 12.1 Å². The second-order valence-electron chi connectivity index (χ2n) is 11.5. The molecule has 0 aliphatic heterocycles. The van der Waals surface area contributed by atoms with Crippen LogP contribution in [0.4, 0.5) is 4.79 Å². The minimum absolute atomic E-state index is 0.0712. The number of benzene rings is 3. The Hall–Kier alpha value is -3.65. The lowest BCUT2D eigenvalue weighted by molar-refractivity contribution is -0.154. The van der Waals surface area contributed by atoms with Crippen molar-refractivity contribution in [1.82, 2.24) is 4.31 Å². The van der Waals surface area contributed by atoms with Crippen molar-refractivity contribution in [3.8, 4) is 0 Å². The third-order valence-electron chi connectivity index (χ3n) is 6.60. The zero-order valence-electron chi connectivity index (χ0n) is 23.9. The molecule has 7 nitrogen and oxygen atoms in total. The summed E-state index contributed by atoms with van der Waals surface area (Å²) in [5, 5.41) is 0. The molecule has 1 aliphatic rings. The number of aryl methyl sites for hydroxylation is 3. The highest BCUT2D eigenvalue weighted by Gasteiger charge is 2.46. The Bertz CT molecular complexity index is 1490. The maximum absolute atomic E-state index is 14.4. The number of amides is 1. The number of carbonyl (C=O) groups excluding carboxylic acids is 2. The maximum Gasteiger partial charge on any atom is 0.425 e. The highest BCUT2D eigenvalue weighted by atomic mass is 32.2. The molecule has 40 heavy (non-hydrogen) atoms. The molecule has 212 valence electrons. The second kappa shape index (κ2) is 11.5. The molecule has 0 spiro atoms. The van der Waals surface area contributed by atoms with E-state index in [-0.39, 0.29) is 10.8 Å². The summed E-state index contributed by atoms with van der Waals surface area (Å²) in [5.74, 6) is -0.657. The molecule has 0 bridgehead atoms. The molecule has 1 fully saturated rings. The lowest BCUT2D eigenvalue weighted by atomic mass is 9.93. The smallest absolute Gasteiger partial charge is 0.425 e. The van der Waals surface area contributed by atoms with Crippen molar-refractivity contribution in [1.29, 1.82) is 0 Å². The van der Waals surface area contributed by atoms with E-state index in [1.54, 1.807) is 57.2 Å². The summed E-state index contributed by atoms with van der Waals surface area (Å²) >= 11 is 0. The van der Waals surface area contributed by atoms with Gasteiger partial charge in [0.15, 0.2) is 6.10 Å². The first kappa shape index (κ1) is 29.3. The lowest BCUT2D eigenvalue weighted by Gasteiger charge is -2.37. The summed E-state index contributed by atoms with van der Waals surface area (Å²) in [5.41, 5.74) is 2.71. The summed E-state index contributed by atoms with van der Waals surface area (Å²) in [6.45, 7) is 10.7. The van der Waals surface area contributed by atoms with E-state index in [1.165, 1.54) is 12.1 Å². The number of rotatable bonds is 8. The first-order valence-electron chi connectivity index (χ1n) is 13.4. The van der Waals surface area contributed by atoms with Crippen molar-refractivity contribution in [2.24, 2.45) is 5.92 Å². The predicted molar refractivity (Wildman–Crippen MR) is 153 cm³/mol. The molecule has 3 aromatic rings. The molecule has 4 rings (SSSR count). The van der Waals surface area contributed by atoms with Crippen LogP contribution in [0, 0.1) is 26.7 Å². The van der Waals surface area contributed by atoms with E-state index in [9.17, 15) is 18.0 Å². The summed E-state index contributed by atoms with van der Waals surface area (Å²) in [6, 6.07) is 19.6. The van der Waals surface area contributed by atoms with Crippen LogP contribution < -0.4 is 0 Å². The molecular weight excluding hydrogens is 526 g/mol. The maximum atomic E-state index is 14.4. The molecule has 2 atom stereocenters. The van der Waals surface area contributed by atoms with Crippen molar-refractivity contribution in [3.63, 3.8) is 0 Å². The van der Waals surface area contributed by atoms with Gasteiger partial charge in [0, 0.05) is 0 Å². The van der Waals surface area contributed by atoms with Crippen LogP contribution in [0.1, 0.15) is 73.6 Å². The van der Waals surface area contributed by atoms with Gasteiger partial charge < -0.3 is 9.47 Å². The third-order valence-corrected chi connectivity index (χ3v) is 8.36. The fourth-order valence-corrected chi connectivity index (χ4v) is 5.95. The van der Waals surface area contributed by atoms with Gasteiger partial charge in [0.1, 0.15) is 11.6 Å². The largest absolute Gasteiger partial charge is 0.455 e. The van der Waals surface area contributed by atoms with E-state index >= 15 is 0 Å². The molecule has 3 aromatic carbocycles. The SMILES string of the molecule is Cc1ccc(S(=O)(=O)N(C(=O)OC(C)(C)C)[C@H](c2cccc(C)c2)[C@@H](OC(=O)C2CC2)c2cccc(C)c2)cc1. The molecule has 1 aliphatic carbocycles. The Balaban J connectivity index is 1.99. The second-order valence-corrected chi connectivity index (χ2v) is 13.3. The first-order valence-corrected chi connectivity index (χ1v) is 14.9. The van der Waals surface area contributed by atoms with Gasteiger partial charge in [-0.05, 0) is 77.6 Å². The van der Waals surface area contributed by atoms with Gasteiger partial charge in [-0.2, -0.15) is 4.31 Å². The van der Waals surface area contributed by atoms with Crippen LogP contribution in [0.3, 0.4) is 0 Å². The Kier molecular flexibility index (Phi) is 8.40. The van der Waals surface area contributed by atoms with E-state index in [0.29, 0.717) is 24.0 Å². The van der Waals surface area contributed by atoms with Crippen LogP contribution >= 0.6 is 0 Å². The summed E-state index contributed by atoms with van der Waals surface area (Å²) in [6.07, 6.45) is -0.750. The minimum Gasteiger partial charge on any atom is -0.455 e. The quantitative estimate of drug-likeness (QED) is 0.275. The Morgan fingerprint density at radius 3 is 1.90 bits per heavy atom. The summed E-state index contributed by atoms with van der Waals surface area (Å²) in [4.78, 5) is 27.0. The van der Waals surface area contributed by atoms with Crippen molar-refractivity contribution < 1.29 is 27.5 Å². The monoisotopic (exact) mass is 563 g/mol. The zero-order valence-corrected chi connectivity index (χ0v) is 24.7. The number of hydrogen-bond donors (Lipinski definition) is 0. The standard InChI is InChI=1S/C32H37NO6S/c1-21-13-17-27(18-14-21)40(36,37)33(31(35)39-32(4,5)6)28(25-11-7-9-22(2)19-25)29(38-30(34)24-15-16-24)26-12-8-10-23(3)20-26/h7-14,17-20,24,28-29H,15-16H2,1-6H3/t28-,29+/m1/s1. The van der Waals surface area contributed by atoms with Crippen LogP contribution in [-0.2, 0) is 24.3 Å². The van der Waals surface area contributed by atoms with Crippen molar-refractivity contribution in [2.75, 3.05) is 0 Å². The minimum atomic E-state index is -4.49. The van der Waals surface area contributed by atoms with E-state index < -0.39 is 39.8 Å². The average Bonchev–Trinajstić information content (AvgIpc) is 3.71. The number of nitrogens with zero attached hydrogens (tertiary/aromatic N) is 1. The van der Waals surface area contributed by atoms with Gasteiger partial charge in [0.25, 0.3) is 10.0 Å². The fourth-order valence-electron chi connectivity index (χ4n) is 4.48. The van der Waals surface area contributed by atoms with Crippen molar-refractivity contribution >= 4 is 22.1 Å². The highest BCUT2D eigenvalue weighted by molar-refractivity contribution is 7.89. The van der Waals surface area contributed by atoms with Crippen LogP contribution in [0.5, 0.6) is 0 Å². The third kappa shape index (κ3) is 6.91. The molecule has 0 saturated heterocycles. The topological polar surface area (TPSA) is 90.0 Å². The Labute approximate surface area is 237 Å². The van der Waals surface area contributed by atoms with Gasteiger partial charge in [-0.3, -0.25) is 4.79 Å². The van der Waals surface area contributed by atoms with Gasteiger partial charge in [0.05, 0.1) is 10.8 Å². The molecule has 0 aromatic heterocycles. The van der Waals surface area contributed by atoms with Gasteiger partial charge in [-0.15, -0.1) is 0 Å². The molecule has 0 radical (unpaired) electrons. The molecule has 1 amide bonds. The van der Waals surface area contributed by atoms with Crippen LogP contribution in [0.25, 0.3) is 0 Å². The average molecular weight is 564 g/mol. The predicted octanol–water partition coefficient (Wildman–Crippen LogP) is 6.97. The Morgan fingerprint density at radius 2 is 1.38 bits per heavy atom. The molecule has 0 unspecified atom stereocenters. The number of ether oxygens (including phenoxy) is 2. The summed E-state index contributed by atoms with van der Waals surface area (Å²) < 4.78 is 41.4. The number of hydrogen-bond acceptors (Lipinski definition) is 6. The number of carbonyl (C=O) groups is 2. The molecule has 0 N–H and O–H groups in total. The fraction of sp³-hybridized carbons (Fsp3) is 0.375. The van der Waals surface area contributed by atoms with Crippen molar-refractivity contribution in [2.45, 2.75) is 77.0 Å². The van der Waals surface area contributed by atoms with Gasteiger partial charge in [0.2, 0.25) is 0 Å². The Morgan fingerprint density at radius 1 is 0.825 bits per heavy atom. The van der Waals surface area contributed by atoms with E-state index in [1.807, 2.05) is 45.0 Å². The highest BCUT2D eigenvalue weighted by Crippen LogP contribution is 2.43. The van der Waals surface area contributed by atoms with Crippen molar-refractivity contribution in [3.05, 3.63) is 101 Å². The van der Waals surface area contributed by atoms with Crippen LogP contribution in [-0.4, -0.2) is 30.4 Å². The molecular formula is C32H37NO6S. The first-order chi connectivity index (χ1) is 18.8. The number of esters is 1. The molecule has 8 heteroatoms. The van der Waals surface area contributed by atoms with E-state index in [2.05, 4.69) is 0 Å². The van der Waals surface area contributed by atoms with E-state index in [0.717, 1.165) is 21.0 Å². The molecule has 1 saturated carbocycles. The lowest BCUT2D eigenvalue weighted by Crippen LogP contribution is -2.45. The molecule has 0 heterocycles. The zero-order chi connectivity index (χ0) is 29.2. The summed E-state index contributed by atoms with van der Waals surface area (Å²) in [7, 11) is -4.49. The van der Waals surface area contributed by atoms with E-state index in [4.69, 9.17) is 9.47 Å². The van der Waals surface area contributed by atoms with Crippen LogP contribution in [0.15, 0.2) is 77.7 Å². The number of sulfonamides is 1. The normalized spacial score (nSPS) is 15.2. The van der Waals surface area contributed by atoms with Gasteiger partial charge in [-0.25, -0.2) is 13.2 Å². The van der Waals surface area contributed by atoms with Gasteiger partial charge in [-0.1, -0.05) is 77.4 Å².